The molecule has 2 N–H and O–H groups in total. The van der Waals surface area contributed by atoms with Crippen molar-refractivity contribution in [2.45, 2.75) is 32.4 Å². The molecule has 0 aromatic rings. The lowest BCUT2D eigenvalue weighted by atomic mass is 10.1. The standard InChI is InChI=1S/C9H19F2NO2/c1-6(2)7(5-14-3)12-4-8(13)9(10)11/h6-9,12-13H,4-5H2,1-3H3. The van der Waals surface area contributed by atoms with Crippen LogP contribution in [0.3, 0.4) is 0 Å². The topological polar surface area (TPSA) is 41.5 Å². The van der Waals surface area contributed by atoms with E-state index in [1.54, 1.807) is 7.11 Å². The highest BCUT2D eigenvalue weighted by molar-refractivity contribution is 4.72. The first kappa shape index (κ1) is 13.7. The smallest absolute Gasteiger partial charge is 0.265 e. The average Bonchev–Trinajstić information content (AvgIpc) is 2.10. The summed E-state index contributed by atoms with van der Waals surface area (Å²) in [6, 6.07) is -0.00611. The number of aliphatic hydroxyl groups is 1. The van der Waals surface area contributed by atoms with Crippen LogP contribution in [0.5, 0.6) is 0 Å². The van der Waals surface area contributed by atoms with E-state index in [0.717, 1.165) is 0 Å². The lowest BCUT2D eigenvalue weighted by Gasteiger charge is -2.23. The predicted molar refractivity (Wildman–Crippen MR) is 50.5 cm³/mol. The molecule has 14 heavy (non-hydrogen) atoms. The van der Waals surface area contributed by atoms with Gasteiger partial charge in [0.1, 0.15) is 6.10 Å². The van der Waals surface area contributed by atoms with Crippen LogP contribution in [0.4, 0.5) is 8.78 Å². The van der Waals surface area contributed by atoms with Gasteiger partial charge in [0, 0.05) is 19.7 Å². The zero-order chi connectivity index (χ0) is 11.1. The van der Waals surface area contributed by atoms with Gasteiger partial charge in [-0.25, -0.2) is 8.78 Å². The van der Waals surface area contributed by atoms with Gasteiger partial charge in [-0.3, -0.25) is 0 Å². The Hall–Kier alpha value is -0.260. The van der Waals surface area contributed by atoms with Gasteiger partial charge in [0.25, 0.3) is 6.43 Å². The minimum absolute atomic E-state index is 0.00611. The maximum atomic E-state index is 11.9. The Bertz CT molecular complexity index is 145. The van der Waals surface area contributed by atoms with E-state index in [2.05, 4.69) is 5.32 Å². The van der Waals surface area contributed by atoms with Crippen molar-refractivity contribution in [1.29, 1.82) is 0 Å². The molecule has 0 rings (SSSR count). The van der Waals surface area contributed by atoms with E-state index in [9.17, 15) is 8.78 Å². The third kappa shape index (κ3) is 5.47. The Labute approximate surface area is 83.4 Å². The van der Waals surface area contributed by atoms with Crippen molar-refractivity contribution in [3.05, 3.63) is 0 Å². The highest BCUT2D eigenvalue weighted by Gasteiger charge is 2.19. The molecule has 0 amide bonds. The summed E-state index contributed by atoms with van der Waals surface area (Å²) in [4.78, 5) is 0. The fraction of sp³-hybridized carbons (Fsp3) is 1.00. The molecule has 0 spiro atoms. The van der Waals surface area contributed by atoms with Gasteiger partial charge < -0.3 is 15.2 Å². The molecule has 0 saturated heterocycles. The minimum atomic E-state index is -2.70. The molecule has 2 unspecified atom stereocenters. The summed E-state index contributed by atoms with van der Waals surface area (Å²) < 4.78 is 28.8. The number of aliphatic hydroxyl groups excluding tert-OH is 1. The SMILES string of the molecule is COCC(NCC(O)C(F)F)C(C)C. The van der Waals surface area contributed by atoms with E-state index >= 15 is 0 Å². The molecule has 0 bridgehead atoms. The number of hydrogen-bond donors (Lipinski definition) is 2. The largest absolute Gasteiger partial charge is 0.386 e. The average molecular weight is 211 g/mol. The Balaban J connectivity index is 3.81. The van der Waals surface area contributed by atoms with Crippen molar-refractivity contribution >= 4 is 0 Å². The second-order valence-corrected chi connectivity index (χ2v) is 3.62. The van der Waals surface area contributed by atoms with Crippen molar-refractivity contribution < 1.29 is 18.6 Å². The fourth-order valence-electron chi connectivity index (χ4n) is 1.03. The van der Waals surface area contributed by atoms with Gasteiger partial charge in [-0.05, 0) is 5.92 Å². The Kier molecular flexibility index (Phi) is 6.96. The third-order valence-corrected chi connectivity index (χ3v) is 2.03. The number of halogens is 2. The Morgan fingerprint density at radius 1 is 1.36 bits per heavy atom. The van der Waals surface area contributed by atoms with Crippen LogP contribution >= 0.6 is 0 Å². The number of rotatable bonds is 7. The van der Waals surface area contributed by atoms with Crippen LogP contribution in [0.25, 0.3) is 0 Å². The van der Waals surface area contributed by atoms with Gasteiger partial charge in [0.15, 0.2) is 0 Å². The van der Waals surface area contributed by atoms with Crippen molar-refractivity contribution in [1.82, 2.24) is 5.32 Å². The van der Waals surface area contributed by atoms with E-state index in [4.69, 9.17) is 9.84 Å². The molecular formula is C9H19F2NO2. The van der Waals surface area contributed by atoms with Crippen molar-refractivity contribution in [3.8, 4) is 0 Å². The van der Waals surface area contributed by atoms with Crippen LogP contribution in [0.15, 0.2) is 0 Å². The first-order chi connectivity index (χ1) is 6.49. The highest BCUT2D eigenvalue weighted by atomic mass is 19.3. The first-order valence-electron chi connectivity index (χ1n) is 4.67. The number of hydrogen-bond acceptors (Lipinski definition) is 3. The second kappa shape index (κ2) is 7.09. The van der Waals surface area contributed by atoms with Gasteiger partial charge in [-0.1, -0.05) is 13.8 Å². The van der Waals surface area contributed by atoms with E-state index in [1.165, 1.54) is 0 Å². The summed E-state index contributed by atoms with van der Waals surface area (Å²) in [6.45, 7) is 4.27. The van der Waals surface area contributed by atoms with Crippen LogP contribution in [0, 0.1) is 5.92 Å². The van der Waals surface area contributed by atoms with E-state index in [0.29, 0.717) is 6.61 Å². The summed E-state index contributed by atoms with van der Waals surface area (Å²) in [5.74, 6) is 0.278. The number of ether oxygens (including phenoxy) is 1. The van der Waals surface area contributed by atoms with Gasteiger partial charge in [-0.15, -0.1) is 0 Å². The molecule has 2 atom stereocenters. The zero-order valence-electron chi connectivity index (χ0n) is 8.84. The zero-order valence-corrected chi connectivity index (χ0v) is 8.84. The van der Waals surface area contributed by atoms with Crippen molar-refractivity contribution in [2.24, 2.45) is 5.92 Å². The van der Waals surface area contributed by atoms with E-state index in [-0.39, 0.29) is 18.5 Å². The third-order valence-electron chi connectivity index (χ3n) is 2.03. The number of alkyl halides is 2. The first-order valence-corrected chi connectivity index (χ1v) is 4.67. The van der Waals surface area contributed by atoms with Crippen molar-refractivity contribution in [2.75, 3.05) is 20.3 Å². The van der Waals surface area contributed by atoms with Crippen LogP contribution in [-0.2, 0) is 4.74 Å². The summed E-state index contributed by atoms with van der Waals surface area (Å²) in [6.07, 6.45) is -4.30. The Morgan fingerprint density at radius 2 is 1.93 bits per heavy atom. The summed E-state index contributed by atoms with van der Waals surface area (Å²) in [7, 11) is 1.56. The minimum Gasteiger partial charge on any atom is -0.386 e. The molecule has 86 valence electrons. The number of nitrogens with one attached hydrogen (secondary N) is 1. The molecule has 0 aromatic carbocycles. The molecule has 3 nitrogen and oxygen atoms in total. The predicted octanol–water partition coefficient (Wildman–Crippen LogP) is 0.873. The molecule has 0 fully saturated rings. The second-order valence-electron chi connectivity index (χ2n) is 3.62. The monoisotopic (exact) mass is 211 g/mol. The summed E-state index contributed by atoms with van der Waals surface area (Å²) >= 11 is 0. The summed E-state index contributed by atoms with van der Waals surface area (Å²) in [5, 5.41) is 11.7. The molecule has 5 heteroatoms. The maximum Gasteiger partial charge on any atom is 0.265 e. The fourth-order valence-corrected chi connectivity index (χ4v) is 1.03. The van der Waals surface area contributed by atoms with Crippen LogP contribution in [0.2, 0.25) is 0 Å². The quantitative estimate of drug-likeness (QED) is 0.656. The molecule has 0 aliphatic carbocycles. The van der Waals surface area contributed by atoms with Gasteiger partial charge in [0.2, 0.25) is 0 Å². The van der Waals surface area contributed by atoms with Crippen LogP contribution in [0.1, 0.15) is 13.8 Å². The molecule has 0 aliphatic heterocycles. The molecule has 0 heterocycles. The van der Waals surface area contributed by atoms with E-state index < -0.39 is 12.5 Å². The molecule has 0 radical (unpaired) electrons. The Morgan fingerprint density at radius 3 is 2.29 bits per heavy atom. The molecule has 0 aromatic heterocycles. The van der Waals surface area contributed by atoms with Crippen LogP contribution in [-0.4, -0.2) is 43.9 Å². The van der Waals surface area contributed by atoms with E-state index in [1.807, 2.05) is 13.8 Å². The van der Waals surface area contributed by atoms with Gasteiger partial charge in [-0.2, -0.15) is 0 Å². The maximum absolute atomic E-state index is 11.9. The van der Waals surface area contributed by atoms with Gasteiger partial charge in [0.05, 0.1) is 6.61 Å². The van der Waals surface area contributed by atoms with Crippen molar-refractivity contribution in [3.63, 3.8) is 0 Å². The number of methoxy groups -OCH3 is 1. The van der Waals surface area contributed by atoms with Gasteiger partial charge >= 0.3 is 0 Å². The summed E-state index contributed by atoms with van der Waals surface area (Å²) in [5.41, 5.74) is 0. The normalized spacial score (nSPS) is 16.3. The highest BCUT2D eigenvalue weighted by Crippen LogP contribution is 2.04. The van der Waals surface area contributed by atoms with Crippen LogP contribution < -0.4 is 5.32 Å². The lowest BCUT2D eigenvalue weighted by molar-refractivity contribution is -0.00716. The molecule has 0 aliphatic rings. The molecular weight excluding hydrogens is 192 g/mol. The lowest BCUT2D eigenvalue weighted by Crippen LogP contribution is -2.43. The molecule has 0 saturated carbocycles.